The van der Waals surface area contributed by atoms with E-state index in [1.54, 1.807) is 13.2 Å². The largest absolute Gasteiger partial charge is 0.496 e. The first-order chi connectivity index (χ1) is 15.2. The zero-order valence-corrected chi connectivity index (χ0v) is 20.1. The number of aromatic nitrogens is 2. The second-order valence-electron chi connectivity index (χ2n) is 9.63. The molecule has 0 radical (unpaired) electrons. The number of anilines is 1. The van der Waals surface area contributed by atoms with Crippen LogP contribution in [0.4, 0.5) is 10.6 Å². The lowest BCUT2D eigenvalue weighted by Gasteiger charge is -2.42. The number of hydrogen-bond acceptors (Lipinski definition) is 6. The van der Waals surface area contributed by atoms with Crippen LogP contribution < -0.4 is 9.64 Å². The third-order valence-electron chi connectivity index (χ3n) is 6.31. The van der Waals surface area contributed by atoms with Gasteiger partial charge >= 0.3 is 6.09 Å². The van der Waals surface area contributed by atoms with E-state index in [0.29, 0.717) is 16.8 Å². The molecule has 1 aromatic carbocycles. The van der Waals surface area contributed by atoms with Crippen molar-refractivity contribution >= 4 is 23.5 Å². The Labute approximate surface area is 194 Å². The molecule has 1 amide bonds. The van der Waals surface area contributed by atoms with Crippen LogP contribution in [0.25, 0.3) is 11.3 Å². The minimum Gasteiger partial charge on any atom is -0.496 e. The molecule has 8 heteroatoms. The summed E-state index contributed by atoms with van der Waals surface area (Å²) in [6, 6.07) is 10.1. The number of amides is 1. The Kier molecular flexibility index (Phi) is 6.21. The minimum atomic E-state index is -0.478. The normalized spacial score (nSPS) is 22.6. The molecular formula is C24H31ClN4O3. The molecule has 2 aliphatic rings. The third-order valence-corrected chi connectivity index (χ3v) is 6.55. The topological polar surface area (TPSA) is 67.8 Å². The van der Waals surface area contributed by atoms with Crippen LogP contribution >= 0.6 is 11.6 Å². The van der Waals surface area contributed by atoms with Crippen LogP contribution in [0.15, 0.2) is 30.3 Å². The third kappa shape index (κ3) is 4.63. The van der Waals surface area contributed by atoms with Crippen LogP contribution in [0.3, 0.4) is 0 Å². The second kappa shape index (κ2) is 8.77. The minimum absolute atomic E-state index is 0.188. The summed E-state index contributed by atoms with van der Waals surface area (Å²) in [7, 11) is 3.67. The average Bonchev–Trinajstić information content (AvgIpc) is 3.02. The molecule has 1 aromatic heterocycles. The molecule has 2 fully saturated rings. The summed E-state index contributed by atoms with van der Waals surface area (Å²) in [4.78, 5) is 16.9. The number of ether oxygens (including phenoxy) is 2. The van der Waals surface area contributed by atoms with Crippen molar-refractivity contribution in [2.24, 2.45) is 0 Å². The smallest absolute Gasteiger partial charge is 0.410 e. The van der Waals surface area contributed by atoms with Crippen LogP contribution in [-0.4, -0.2) is 59.1 Å². The van der Waals surface area contributed by atoms with Gasteiger partial charge < -0.3 is 19.3 Å². The molecule has 2 aliphatic heterocycles. The molecule has 2 unspecified atom stereocenters. The van der Waals surface area contributed by atoms with E-state index in [0.717, 1.165) is 42.8 Å². The maximum Gasteiger partial charge on any atom is 0.410 e. The molecule has 0 N–H and O–H groups in total. The van der Waals surface area contributed by atoms with E-state index in [9.17, 15) is 4.79 Å². The van der Waals surface area contributed by atoms with E-state index in [1.807, 2.05) is 49.9 Å². The highest BCUT2D eigenvalue weighted by molar-refractivity contribution is 6.30. The van der Waals surface area contributed by atoms with Crippen LogP contribution in [0.1, 0.15) is 46.5 Å². The summed E-state index contributed by atoms with van der Waals surface area (Å²) in [5.41, 5.74) is 1.10. The summed E-state index contributed by atoms with van der Waals surface area (Å²) in [6.45, 7) is 5.74. The Morgan fingerprint density at radius 3 is 2.38 bits per heavy atom. The lowest BCUT2D eigenvalue weighted by molar-refractivity contribution is 0.00597. The first-order valence-corrected chi connectivity index (χ1v) is 11.5. The standard InChI is InChI=1S/C24H31ClN4O3/c1-24(2,3)32-23(30)29-16-7-8-17(29)14-18(13-16)28(4)22-11-10-20(26-27-22)19-9-6-15(25)12-21(19)31-5/h6,9-12,16-18H,7-8,13-14H2,1-5H3. The molecule has 0 spiro atoms. The van der Waals surface area contributed by atoms with E-state index in [2.05, 4.69) is 22.1 Å². The van der Waals surface area contributed by atoms with Gasteiger partial charge in [-0.1, -0.05) is 11.6 Å². The molecule has 2 atom stereocenters. The van der Waals surface area contributed by atoms with E-state index in [4.69, 9.17) is 21.1 Å². The van der Waals surface area contributed by atoms with Gasteiger partial charge in [0, 0.05) is 35.8 Å². The highest BCUT2D eigenvalue weighted by Crippen LogP contribution is 2.39. The molecule has 2 saturated heterocycles. The van der Waals surface area contributed by atoms with Gasteiger partial charge in [-0.05, 0) is 76.8 Å². The van der Waals surface area contributed by atoms with Crippen molar-refractivity contribution in [1.82, 2.24) is 15.1 Å². The van der Waals surface area contributed by atoms with Crippen molar-refractivity contribution in [1.29, 1.82) is 0 Å². The van der Waals surface area contributed by atoms with Crippen molar-refractivity contribution < 1.29 is 14.3 Å². The number of benzene rings is 1. The summed E-state index contributed by atoms with van der Waals surface area (Å²) >= 11 is 6.07. The second-order valence-corrected chi connectivity index (χ2v) is 10.1. The number of rotatable bonds is 4. The number of nitrogens with zero attached hydrogens (tertiary/aromatic N) is 4. The molecule has 2 bridgehead atoms. The number of piperidine rings is 1. The number of halogens is 1. The van der Waals surface area contributed by atoms with Crippen molar-refractivity contribution in [3.05, 3.63) is 35.4 Å². The van der Waals surface area contributed by atoms with Gasteiger partial charge in [0.05, 0.1) is 12.8 Å². The lowest BCUT2D eigenvalue weighted by atomic mass is 9.96. The molecule has 2 aromatic rings. The summed E-state index contributed by atoms with van der Waals surface area (Å²) < 4.78 is 11.1. The van der Waals surface area contributed by atoms with Gasteiger partial charge in [0.15, 0.2) is 5.82 Å². The monoisotopic (exact) mass is 458 g/mol. The number of hydrogen-bond donors (Lipinski definition) is 0. The van der Waals surface area contributed by atoms with Gasteiger partial charge in [0.1, 0.15) is 11.4 Å². The Hall–Kier alpha value is -2.54. The molecule has 4 rings (SSSR count). The van der Waals surface area contributed by atoms with Gasteiger partial charge in [-0.15, -0.1) is 10.2 Å². The molecule has 0 aliphatic carbocycles. The van der Waals surface area contributed by atoms with Gasteiger partial charge in [-0.2, -0.15) is 0 Å². The Bertz CT molecular complexity index is 962. The fourth-order valence-electron chi connectivity index (χ4n) is 4.80. The maximum absolute atomic E-state index is 12.7. The van der Waals surface area contributed by atoms with Crippen LogP contribution in [-0.2, 0) is 4.74 Å². The van der Waals surface area contributed by atoms with Crippen molar-refractivity contribution in [2.75, 3.05) is 19.1 Å². The van der Waals surface area contributed by atoms with Crippen LogP contribution in [0.5, 0.6) is 5.75 Å². The number of methoxy groups -OCH3 is 1. The van der Waals surface area contributed by atoms with Crippen LogP contribution in [0, 0.1) is 0 Å². The Balaban J connectivity index is 1.46. The fraction of sp³-hybridized carbons (Fsp3) is 0.542. The summed E-state index contributed by atoms with van der Waals surface area (Å²) in [5, 5.41) is 9.54. The van der Waals surface area contributed by atoms with Crippen molar-refractivity contribution in [2.45, 2.75) is 70.2 Å². The SMILES string of the molecule is COc1cc(Cl)ccc1-c1ccc(N(C)C2CC3CCC(C2)N3C(=O)OC(C)(C)C)nn1. The first kappa shape index (κ1) is 22.6. The molecular weight excluding hydrogens is 428 g/mol. The molecule has 7 nitrogen and oxygen atoms in total. The van der Waals surface area contributed by atoms with E-state index in [-0.39, 0.29) is 18.2 Å². The van der Waals surface area contributed by atoms with E-state index < -0.39 is 5.60 Å². The predicted octanol–water partition coefficient (Wildman–Crippen LogP) is 5.17. The first-order valence-electron chi connectivity index (χ1n) is 11.1. The highest BCUT2D eigenvalue weighted by Gasteiger charge is 2.45. The quantitative estimate of drug-likeness (QED) is 0.629. The van der Waals surface area contributed by atoms with Crippen LogP contribution in [0.2, 0.25) is 5.02 Å². The number of fused-ring (bicyclic) bond motifs is 2. The van der Waals surface area contributed by atoms with E-state index in [1.165, 1.54) is 0 Å². The molecule has 172 valence electrons. The van der Waals surface area contributed by atoms with Crippen molar-refractivity contribution in [3.63, 3.8) is 0 Å². The summed E-state index contributed by atoms with van der Waals surface area (Å²) in [5.74, 6) is 1.48. The van der Waals surface area contributed by atoms with Crippen molar-refractivity contribution in [3.8, 4) is 17.0 Å². The zero-order valence-electron chi connectivity index (χ0n) is 19.3. The Morgan fingerprint density at radius 1 is 1.12 bits per heavy atom. The lowest BCUT2D eigenvalue weighted by Crippen LogP contribution is -2.53. The van der Waals surface area contributed by atoms with Gasteiger partial charge in [-0.25, -0.2) is 4.79 Å². The Morgan fingerprint density at radius 2 is 1.81 bits per heavy atom. The highest BCUT2D eigenvalue weighted by atomic mass is 35.5. The van der Waals surface area contributed by atoms with Gasteiger partial charge in [-0.3, -0.25) is 0 Å². The molecule has 3 heterocycles. The molecule has 0 saturated carbocycles. The number of carbonyl (C=O) groups is 1. The van der Waals surface area contributed by atoms with Gasteiger partial charge in [0.25, 0.3) is 0 Å². The zero-order chi connectivity index (χ0) is 23.0. The molecule has 32 heavy (non-hydrogen) atoms. The average molecular weight is 459 g/mol. The predicted molar refractivity (Wildman–Crippen MR) is 125 cm³/mol. The maximum atomic E-state index is 12.7. The van der Waals surface area contributed by atoms with E-state index >= 15 is 0 Å². The van der Waals surface area contributed by atoms with Gasteiger partial charge in [0.2, 0.25) is 0 Å². The summed E-state index contributed by atoms with van der Waals surface area (Å²) in [6.07, 6.45) is 3.67. The number of carbonyl (C=O) groups excluding carboxylic acids is 1. The fourth-order valence-corrected chi connectivity index (χ4v) is 4.96.